The quantitative estimate of drug-likeness (QED) is 0.695. The summed E-state index contributed by atoms with van der Waals surface area (Å²) in [5.74, 6) is -1.86. The van der Waals surface area contributed by atoms with Crippen LogP contribution in [0.15, 0.2) is 0 Å². The highest BCUT2D eigenvalue weighted by atomic mass is 16.9. The van der Waals surface area contributed by atoms with Gasteiger partial charge in [-0.1, -0.05) is 6.92 Å². The smallest absolute Gasteiger partial charge is 0.288 e. The maximum absolute atomic E-state index is 5.96. The van der Waals surface area contributed by atoms with Gasteiger partial charge in [0.1, 0.15) is 0 Å². The van der Waals surface area contributed by atoms with Crippen molar-refractivity contribution < 1.29 is 23.7 Å². The van der Waals surface area contributed by atoms with Gasteiger partial charge in [-0.05, 0) is 13.3 Å². The van der Waals surface area contributed by atoms with Crippen LogP contribution in [0.25, 0.3) is 0 Å². The van der Waals surface area contributed by atoms with E-state index in [0.29, 0.717) is 12.8 Å². The molecule has 0 aromatic heterocycles. The molecule has 0 radical (unpaired) electrons. The third kappa shape index (κ3) is 2.80. The maximum atomic E-state index is 5.96. The van der Waals surface area contributed by atoms with Crippen molar-refractivity contribution in [3.8, 4) is 0 Å². The molecule has 0 amide bonds. The van der Waals surface area contributed by atoms with Crippen LogP contribution in [0.4, 0.5) is 0 Å². The lowest BCUT2D eigenvalue weighted by atomic mass is 9.87. The lowest BCUT2D eigenvalue weighted by Crippen LogP contribution is -2.60. The van der Waals surface area contributed by atoms with E-state index >= 15 is 0 Å². The highest BCUT2D eigenvalue weighted by molar-refractivity contribution is 4.92. The van der Waals surface area contributed by atoms with Gasteiger partial charge in [0, 0.05) is 34.9 Å². The van der Waals surface area contributed by atoms with Crippen molar-refractivity contribution in [2.75, 3.05) is 28.4 Å². The lowest BCUT2D eigenvalue weighted by molar-refractivity contribution is -0.455. The van der Waals surface area contributed by atoms with E-state index in [9.17, 15) is 0 Å². The maximum Gasteiger partial charge on any atom is 0.288 e. The SMILES string of the molecule is CC[C@]1(C)CC(OC)(OC)CC(OC)(OC)O1. The normalized spacial score (nSPS) is 31.4. The fourth-order valence-electron chi connectivity index (χ4n) is 2.29. The Kier molecular flexibility index (Phi) is 4.54. The van der Waals surface area contributed by atoms with Crippen molar-refractivity contribution in [2.24, 2.45) is 0 Å². The van der Waals surface area contributed by atoms with Crippen LogP contribution in [0.3, 0.4) is 0 Å². The molecule has 1 rings (SSSR count). The summed E-state index contributed by atoms with van der Waals surface area (Å²) in [6.07, 6.45) is 1.82. The van der Waals surface area contributed by atoms with Crippen LogP contribution in [-0.2, 0) is 23.7 Å². The Hall–Kier alpha value is -0.200. The highest BCUT2D eigenvalue weighted by Crippen LogP contribution is 2.45. The Morgan fingerprint density at radius 3 is 1.82 bits per heavy atom. The zero-order valence-corrected chi connectivity index (χ0v) is 11.7. The Bertz CT molecular complexity index is 225. The first-order valence-electron chi connectivity index (χ1n) is 5.83. The summed E-state index contributed by atoms with van der Waals surface area (Å²) in [5, 5.41) is 0. The molecule has 0 unspecified atom stereocenters. The van der Waals surface area contributed by atoms with Gasteiger partial charge in [-0.2, -0.15) is 0 Å². The predicted molar refractivity (Wildman–Crippen MR) is 62.5 cm³/mol. The van der Waals surface area contributed by atoms with Crippen LogP contribution in [0.2, 0.25) is 0 Å². The molecule has 1 heterocycles. The molecule has 0 aromatic carbocycles. The molecule has 0 saturated carbocycles. The molecule has 1 fully saturated rings. The molecule has 17 heavy (non-hydrogen) atoms. The summed E-state index contributed by atoms with van der Waals surface area (Å²) in [6, 6.07) is 0. The van der Waals surface area contributed by atoms with E-state index < -0.39 is 17.4 Å². The van der Waals surface area contributed by atoms with E-state index in [4.69, 9.17) is 23.7 Å². The van der Waals surface area contributed by atoms with E-state index in [1.165, 1.54) is 0 Å². The van der Waals surface area contributed by atoms with Crippen molar-refractivity contribution in [1.82, 2.24) is 0 Å². The van der Waals surface area contributed by atoms with Crippen LogP contribution in [0, 0.1) is 0 Å². The average molecular weight is 248 g/mol. The summed E-state index contributed by atoms with van der Waals surface area (Å²) < 4.78 is 27.8. The van der Waals surface area contributed by atoms with Gasteiger partial charge >= 0.3 is 0 Å². The highest BCUT2D eigenvalue weighted by Gasteiger charge is 2.55. The second kappa shape index (κ2) is 5.20. The molecule has 5 nitrogen and oxygen atoms in total. The summed E-state index contributed by atoms with van der Waals surface area (Å²) in [6.45, 7) is 4.06. The second-order valence-electron chi connectivity index (χ2n) is 4.67. The molecule has 0 aromatic rings. The van der Waals surface area contributed by atoms with Crippen molar-refractivity contribution in [2.45, 2.75) is 50.5 Å². The van der Waals surface area contributed by atoms with E-state index in [-0.39, 0.29) is 0 Å². The van der Waals surface area contributed by atoms with Crippen molar-refractivity contribution in [3.63, 3.8) is 0 Å². The molecule has 1 aliphatic rings. The Labute approximate surface area is 103 Å². The monoisotopic (exact) mass is 248 g/mol. The first-order valence-corrected chi connectivity index (χ1v) is 5.83. The molecule has 1 atom stereocenters. The van der Waals surface area contributed by atoms with Gasteiger partial charge in [0.15, 0.2) is 5.79 Å². The van der Waals surface area contributed by atoms with E-state index in [1.807, 2.05) is 6.92 Å². The molecule has 0 N–H and O–H groups in total. The van der Waals surface area contributed by atoms with E-state index in [1.54, 1.807) is 28.4 Å². The van der Waals surface area contributed by atoms with Crippen molar-refractivity contribution >= 4 is 0 Å². The van der Waals surface area contributed by atoms with Gasteiger partial charge in [-0.3, -0.25) is 0 Å². The number of methoxy groups -OCH3 is 4. The van der Waals surface area contributed by atoms with Crippen LogP contribution in [0.5, 0.6) is 0 Å². The molecular formula is C12H24O5. The molecule has 1 aliphatic heterocycles. The van der Waals surface area contributed by atoms with Crippen LogP contribution < -0.4 is 0 Å². The third-order valence-electron chi connectivity index (χ3n) is 3.64. The minimum atomic E-state index is -1.12. The van der Waals surface area contributed by atoms with Gasteiger partial charge in [-0.15, -0.1) is 0 Å². The van der Waals surface area contributed by atoms with Gasteiger partial charge in [0.05, 0.1) is 12.0 Å². The lowest BCUT2D eigenvalue weighted by Gasteiger charge is -2.51. The van der Waals surface area contributed by atoms with Crippen LogP contribution >= 0.6 is 0 Å². The van der Waals surface area contributed by atoms with Crippen molar-refractivity contribution in [1.29, 1.82) is 0 Å². The molecule has 0 spiro atoms. The topological polar surface area (TPSA) is 46.2 Å². The minimum Gasteiger partial charge on any atom is -0.353 e. The van der Waals surface area contributed by atoms with Gasteiger partial charge in [0.2, 0.25) is 0 Å². The van der Waals surface area contributed by atoms with E-state index in [2.05, 4.69) is 6.92 Å². The zero-order valence-electron chi connectivity index (χ0n) is 11.7. The fraction of sp³-hybridized carbons (Fsp3) is 1.00. The predicted octanol–water partition coefficient (Wildman–Crippen LogP) is 1.90. The van der Waals surface area contributed by atoms with Crippen LogP contribution in [-0.4, -0.2) is 45.8 Å². The number of hydrogen-bond donors (Lipinski definition) is 0. The Morgan fingerprint density at radius 2 is 1.47 bits per heavy atom. The largest absolute Gasteiger partial charge is 0.353 e. The molecule has 1 saturated heterocycles. The van der Waals surface area contributed by atoms with Crippen LogP contribution in [0.1, 0.15) is 33.1 Å². The van der Waals surface area contributed by atoms with Gasteiger partial charge in [0.25, 0.3) is 5.97 Å². The van der Waals surface area contributed by atoms with E-state index in [0.717, 1.165) is 6.42 Å². The summed E-state index contributed by atoms with van der Waals surface area (Å²) in [7, 11) is 6.36. The molecular weight excluding hydrogens is 224 g/mol. The standard InChI is InChI=1S/C12H24O5/c1-7-10(2)8-11(13-3,14-4)9-12(15-5,16-6)17-10/h7-9H2,1-6H3/t10-/m1/s1. The third-order valence-corrected chi connectivity index (χ3v) is 3.64. The van der Waals surface area contributed by atoms with Gasteiger partial charge < -0.3 is 23.7 Å². The average Bonchev–Trinajstić information content (AvgIpc) is 2.37. The number of ether oxygens (including phenoxy) is 5. The fourth-order valence-corrected chi connectivity index (χ4v) is 2.29. The molecule has 102 valence electrons. The zero-order chi connectivity index (χ0) is 13.2. The molecule has 5 heteroatoms. The first-order chi connectivity index (χ1) is 7.92. The Morgan fingerprint density at radius 1 is 0.941 bits per heavy atom. The number of rotatable bonds is 5. The second-order valence-corrected chi connectivity index (χ2v) is 4.67. The summed E-state index contributed by atoms with van der Waals surface area (Å²) >= 11 is 0. The van der Waals surface area contributed by atoms with Crippen molar-refractivity contribution in [3.05, 3.63) is 0 Å². The summed E-state index contributed by atoms with van der Waals surface area (Å²) in [5.41, 5.74) is -0.406. The Balaban J connectivity index is 3.06. The summed E-state index contributed by atoms with van der Waals surface area (Å²) in [4.78, 5) is 0. The molecule has 0 bridgehead atoms. The number of hydrogen-bond acceptors (Lipinski definition) is 5. The molecule has 0 aliphatic carbocycles. The minimum absolute atomic E-state index is 0.371. The van der Waals surface area contributed by atoms with Gasteiger partial charge in [-0.25, -0.2) is 0 Å². The first kappa shape index (κ1) is 14.9.